The van der Waals surface area contributed by atoms with E-state index in [1.807, 2.05) is 43.3 Å². The van der Waals surface area contributed by atoms with E-state index in [1.54, 1.807) is 11.3 Å². The van der Waals surface area contributed by atoms with E-state index in [-0.39, 0.29) is 24.0 Å². The number of hydrogen-bond donors (Lipinski definition) is 3. The molecule has 4 nitrogen and oxygen atoms in total. The predicted octanol–water partition coefficient (Wildman–Crippen LogP) is 2.53. The first-order valence-electron chi connectivity index (χ1n) is 7.14. The van der Waals surface area contributed by atoms with Crippen LogP contribution >= 0.6 is 11.3 Å². The van der Waals surface area contributed by atoms with Crippen LogP contribution in [0, 0.1) is 0 Å². The number of rotatable bonds is 4. The van der Waals surface area contributed by atoms with Crippen LogP contribution in [-0.2, 0) is 4.79 Å². The van der Waals surface area contributed by atoms with Crippen molar-refractivity contribution in [2.24, 2.45) is 0 Å². The van der Waals surface area contributed by atoms with Gasteiger partial charge in [-0.1, -0.05) is 36.4 Å². The van der Waals surface area contributed by atoms with Gasteiger partial charge in [0.05, 0.1) is 12.1 Å². The van der Waals surface area contributed by atoms with Gasteiger partial charge in [-0.15, -0.1) is 11.3 Å². The van der Waals surface area contributed by atoms with Crippen molar-refractivity contribution in [1.82, 2.24) is 16.2 Å². The first-order chi connectivity index (χ1) is 10.2. The molecule has 1 aliphatic rings. The Kier molecular flexibility index (Phi) is 4.34. The third-order valence-electron chi connectivity index (χ3n) is 3.76. The van der Waals surface area contributed by atoms with E-state index in [9.17, 15) is 4.79 Å². The van der Waals surface area contributed by atoms with Gasteiger partial charge in [-0.05, 0) is 30.4 Å². The van der Waals surface area contributed by atoms with Crippen molar-refractivity contribution in [1.29, 1.82) is 0 Å². The van der Waals surface area contributed by atoms with E-state index in [0.29, 0.717) is 0 Å². The van der Waals surface area contributed by atoms with Crippen LogP contribution < -0.4 is 16.2 Å². The number of carbonyl (C=O) groups is 1. The summed E-state index contributed by atoms with van der Waals surface area (Å²) in [5, 5.41) is 5.12. The van der Waals surface area contributed by atoms with Gasteiger partial charge in [0.25, 0.3) is 0 Å². The summed E-state index contributed by atoms with van der Waals surface area (Å²) in [6.45, 7) is 2.01. The van der Waals surface area contributed by atoms with Gasteiger partial charge in [0.15, 0.2) is 0 Å². The number of hydrogen-bond acceptors (Lipinski definition) is 4. The number of thiophene rings is 1. The summed E-state index contributed by atoms with van der Waals surface area (Å²) in [4.78, 5) is 13.6. The van der Waals surface area contributed by atoms with Crippen LogP contribution in [0.1, 0.15) is 35.9 Å². The monoisotopic (exact) mass is 301 g/mol. The highest BCUT2D eigenvalue weighted by molar-refractivity contribution is 7.10. The molecular formula is C16H19N3OS. The van der Waals surface area contributed by atoms with Crippen molar-refractivity contribution in [2.45, 2.75) is 31.5 Å². The minimum Gasteiger partial charge on any atom is -0.348 e. The summed E-state index contributed by atoms with van der Waals surface area (Å²) in [5.74, 6) is 0.0397. The molecule has 3 N–H and O–H groups in total. The molecule has 0 aliphatic carbocycles. The maximum atomic E-state index is 12.3. The number of benzene rings is 1. The molecule has 5 heteroatoms. The highest BCUT2D eigenvalue weighted by atomic mass is 32.1. The van der Waals surface area contributed by atoms with E-state index in [1.165, 1.54) is 4.88 Å². The fourth-order valence-electron chi connectivity index (χ4n) is 2.54. The van der Waals surface area contributed by atoms with Gasteiger partial charge in [0.2, 0.25) is 5.91 Å². The Morgan fingerprint density at radius 3 is 2.76 bits per heavy atom. The van der Waals surface area contributed by atoms with Gasteiger partial charge in [-0.3, -0.25) is 4.79 Å². The lowest BCUT2D eigenvalue weighted by molar-refractivity contribution is -0.123. The Morgan fingerprint density at radius 2 is 2.05 bits per heavy atom. The smallest absolute Gasteiger partial charge is 0.239 e. The molecule has 110 valence electrons. The second-order valence-electron chi connectivity index (χ2n) is 5.29. The molecule has 3 atom stereocenters. The van der Waals surface area contributed by atoms with Crippen LogP contribution in [0.2, 0.25) is 0 Å². The van der Waals surface area contributed by atoms with Crippen molar-refractivity contribution in [3.05, 3.63) is 58.3 Å². The molecule has 21 heavy (non-hydrogen) atoms. The van der Waals surface area contributed by atoms with Crippen LogP contribution in [0.15, 0.2) is 47.8 Å². The molecule has 1 saturated heterocycles. The lowest BCUT2D eigenvalue weighted by Crippen LogP contribution is -2.43. The quantitative estimate of drug-likeness (QED) is 0.813. The SMILES string of the molecule is CC(NC(=O)C1CC(c2cccs2)NN1)c1ccccc1. The van der Waals surface area contributed by atoms with Crippen molar-refractivity contribution >= 4 is 17.2 Å². The Bertz CT molecular complexity index is 585. The van der Waals surface area contributed by atoms with Crippen LogP contribution in [-0.4, -0.2) is 11.9 Å². The van der Waals surface area contributed by atoms with Gasteiger partial charge >= 0.3 is 0 Å². The molecule has 1 aliphatic heterocycles. The van der Waals surface area contributed by atoms with Gasteiger partial charge in [-0.25, -0.2) is 10.9 Å². The molecule has 1 amide bonds. The van der Waals surface area contributed by atoms with Crippen LogP contribution in [0.25, 0.3) is 0 Å². The topological polar surface area (TPSA) is 53.2 Å². The Hall–Kier alpha value is -1.69. The van der Waals surface area contributed by atoms with Crippen molar-refractivity contribution in [3.8, 4) is 0 Å². The van der Waals surface area contributed by atoms with Gasteiger partial charge in [0.1, 0.15) is 6.04 Å². The minimum absolute atomic E-state index is 0.0151. The van der Waals surface area contributed by atoms with Gasteiger partial charge in [0, 0.05) is 4.88 Å². The zero-order chi connectivity index (χ0) is 14.7. The zero-order valence-electron chi connectivity index (χ0n) is 11.9. The predicted molar refractivity (Wildman–Crippen MR) is 84.7 cm³/mol. The third-order valence-corrected chi connectivity index (χ3v) is 4.75. The van der Waals surface area contributed by atoms with Crippen molar-refractivity contribution in [3.63, 3.8) is 0 Å². The summed E-state index contributed by atoms with van der Waals surface area (Å²) in [6.07, 6.45) is 0.772. The van der Waals surface area contributed by atoms with E-state index >= 15 is 0 Å². The third kappa shape index (κ3) is 3.32. The molecule has 0 radical (unpaired) electrons. The zero-order valence-corrected chi connectivity index (χ0v) is 12.7. The highest BCUT2D eigenvalue weighted by Crippen LogP contribution is 2.26. The summed E-state index contributed by atoms with van der Waals surface area (Å²) in [7, 11) is 0. The van der Waals surface area contributed by atoms with E-state index in [4.69, 9.17) is 0 Å². The molecular weight excluding hydrogens is 282 g/mol. The van der Waals surface area contributed by atoms with E-state index in [2.05, 4.69) is 27.6 Å². The molecule has 2 aromatic rings. The standard InChI is InChI=1S/C16H19N3OS/c1-11(12-6-3-2-4-7-12)17-16(20)14-10-13(18-19-14)15-8-5-9-21-15/h2-9,11,13-14,18-19H,10H2,1H3,(H,17,20). The average molecular weight is 301 g/mol. The summed E-state index contributed by atoms with van der Waals surface area (Å²) in [5.41, 5.74) is 7.42. The van der Waals surface area contributed by atoms with Crippen LogP contribution in [0.4, 0.5) is 0 Å². The van der Waals surface area contributed by atoms with Gasteiger partial charge in [-0.2, -0.15) is 0 Å². The van der Waals surface area contributed by atoms with E-state index in [0.717, 1.165) is 12.0 Å². The molecule has 1 fully saturated rings. The minimum atomic E-state index is -0.191. The first-order valence-corrected chi connectivity index (χ1v) is 8.02. The van der Waals surface area contributed by atoms with Crippen molar-refractivity contribution in [2.75, 3.05) is 0 Å². The fourth-order valence-corrected chi connectivity index (χ4v) is 3.33. The second kappa shape index (κ2) is 6.39. The number of hydrazine groups is 1. The maximum absolute atomic E-state index is 12.3. The number of carbonyl (C=O) groups excluding carboxylic acids is 1. The summed E-state index contributed by atoms with van der Waals surface area (Å²) >= 11 is 1.71. The number of nitrogens with one attached hydrogen (secondary N) is 3. The van der Waals surface area contributed by atoms with Crippen LogP contribution in [0.3, 0.4) is 0 Å². The Balaban J connectivity index is 1.57. The maximum Gasteiger partial charge on any atom is 0.239 e. The molecule has 0 saturated carbocycles. The molecule has 1 aromatic carbocycles. The lowest BCUT2D eigenvalue weighted by atomic mass is 10.1. The summed E-state index contributed by atoms with van der Waals surface area (Å²) in [6, 6.07) is 14.2. The molecule has 1 aromatic heterocycles. The molecule has 0 bridgehead atoms. The number of amides is 1. The molecule has 0 spiro atoms. The Morgan fingerprint density at radius 1 is 1.24 bits per heavy atom. The molecule has 3 rings (SSSR count). The lowest BCUT2D eigenvalue weighted by Gasteiger charge is -2.17. The van der Waals surface area contributed by atoms with E-state index < -0.39 is 0 Å². The van der Waals surface area contributed by atoms with Crippen LogP contribution in [0.5, 0.6) is 0 Å². The van der Waals surface area contributed by atoms with Crippen molar-refractivity contribution < 1.29 is 4.79 Å². The second-order valence-corrected chi connectivity index (χ2v) is 6.27. The highest BCUT2D eigenvalue weighted by Gasteiger charge is 2.31. The first kappa shape index (κ1) is 14.3. The normalized spacial score (nSPS) is 22.9. The fraction of sp³-hybridized carbons (Fsp3) is 0.312. The largest absolute Gasteiger partial charge is 0.348 e. The Labute approximate surface area is 128 Å². The average Bonchev–Trinajstić information content (AvgIpc) is 3.19. The van der Waals surface area contributed by atoms with Gasteiger partial charge < -0.3 is 5.32 Å². The molecule has 3 unspecified atom stereocenters. The summed E-state index contributed by atoms with van der Waals surface area (Å²) < 4.78 is 0. The molecule has 2 heterocycles.